The van der Waals surface area contributed by atoms with Gasteiger partial charge in [0.2, 0.25) is 0 Å². The molecule has 140 valence electrons. The van der Waals surface area contributed by atoms with Crippen molar-refractivity contribution in [2.75, 3.05) is 40.0 Å². The van der Waals surface area contributed by atoms with Crippen LogP contribution in [0.15, 0.2) is 23.2 Å². The molecule has 0 bridgehead atoms. The molecule has 0 saturated carbocycles. The molecule has 0 radical (unpaired) electrons. The Balaban J connectivity index is 1.63. The second-order valence-electron chi connectivity index (χ2n) is 5.79. The standard InChI is InChI=1S/C17H25F2N3O3/c1-12(10-25-14-5-7-23-11-14)22-17(20-2)21-6-8-24-13-3-4-15(18)16(19)9-13/h3-4,9,12,14H,5-8,10-11H2,1-2H3,(H2,20,21,22). The van der Waals surface area contributed by atoms with E-state index in [1.54, 1.807) is 7.05 Å². The number of guanidine groups is 1. The molecular formula is C17H25F2N3O3. The van der Waals surface area contributed by atoms with Gasteiger partial charge in [-0.1, -0.05) is 0 Å². The summed E-state index contributed by atoms with van der Waals surface area (Å²) in [7, 11) is 1.67. The molecule has 0 spiro atoms. The Morgan fingerprint density at radius 2 is 2.24 bits per heavy atom. The minimum absolute atomic E-state index is 0.0823. The van der Waals surface area contributed by atoms with Gasteiger partial charge >= 0.3 is 0 Å². The summed E-state index contributed by atoms with van der Waals surface area (Å²) in [5.41, 5.74) is 0. The van der Waals surface area contributed by atoms with Gasteiger partial charge in [-0.3, -0.25) is 4.99 Å². The molecule has 2 rings (SSSR count). The molecule has 2 N–H and O–H groups in total. The minimum Gasteiger partial charge on any atom is -0.492 e. The van der Waals surface area contributed by atoms with Gasteiger partial charge in [0, 0.05) is 25.8 Å². The molecule has 0 aromatic heterocycles. The van der Waals surface area contributed by atoms with Gasteiger partial charge in [-0.25, -0.2) is 8.78 Å². The summed E-state index contributed by atoms with van der Waals surface area (Å²) in [6.45, 7) is 4.72. The van der Waals surface area contributed by atoms with Crippen LogP contribution >= 0.6 is 0 Å². The topological polar surface area (TPSA) is 64.1 Å². The van der Waals surface area contributed by atoms with Gasteiger partial charge in [0.25, 0.3) is 0 Å². The number of rotatable bonds is 8. The number of halogens is 2. The molecule has 2 unspecified atom stereocenters. The van der Waals surface area contributed by atoms with E-state index in [1.807, 2.05) is 6.92 Å². The molecule has 25 heavy (non-hydrogen) atoms. The van der Waals surface area contributed by atoms with Crippen molar-refractivity contribution in [2.24, 2.45) is 4.99 Å². The molecule has 1 aromatic carbocycles. The first-order valence-corrected chi connectivity index (χ1v) is 8.33. The van der Waals surface area contributed by atoms with Crippen molar-refractivity contribution in [1.29, 1.82) is 0 Å². The number of hydrogen-bond acceptors (Lipinski definition) is 4. The summed E-state index contributed by atoms with van der Waals surface area (Å²) in [5, 5.41) is 6.30. The average molecular weight is 357 g/mol. The molecule has 6 nitrogen and oxygen atoms in total. The Bertz CT molecular complexity index is 566. The third kappa shape index (κ3) is 6.83. The Kier molecular flexibility index (Phi) is 7.87. The molecule has 0 aliphatic carbocycles. The van der Waals surface area contributed by atoms with Crippen LogP contribution in [0.1, 0.15) is 13.3 Å². The Hall–Kier alpha value is -1.93. The fourth-order valence-corrected chi connectivity index (χ4v) is 2.30. The molecular weight excluding hydrogens is 332 g/mol. The highest BCUT2D eigenvalue weighted by Crippen LogP contribution is 2.15. The predicted molar refractivity (Wildman–Crippen MR) is 91.0 cm³/mol. The van der Waals surface area contributed by atoms with E-state index in [0.29, 0.717) is 25.7 Å². The van der Waals surface area contributed by atoms with Crippen molar-refractivity contribution >= 4 is 5.96 Å². The molecule has 1 saturated heterocycles. The van der Waals surface area contributed by atoms with Crippen molar-refractivity contribution < 1.29 is 23.0 Å². The molecule has 1 aliphatic rings. The monoisotopic (exact) mass is 357 g/mol. The quantitative estimate of drug-likeness (QED) is 0.421. The maximum absolute atomic E-state index is 13.1. The SMILES string of the molecule is CN=C(NCCOc1ccc(F)c(F)c1)NC(C)COC1CCOC1. The van der Waals surface area contributed by atoms with Crippen LogP contribution in [-0.4, -0.2) is 58.1 Å². The first-order valence-electron chi connectivity index (χ1n) is 8.33. The highest BCUT2D eigenvalue weighted by Gasteiger charge is 2.17. The third-order valence-corrected chi connectivity index (χ3v) is 3.63. The summed E-state index contributed by atoms with van der Waals surface area (Å²) >= 11 is 0. The van der Waals surface area contributed by atoms with Crippen molar-refractivity contribution in [1.82, 2.24) is 10.6 Å². The number of hydrogen-bond donors (Lipinski definition) is 2. The van der Waals surface area contributed by atoms with Crippen LogP contribution in [0.2, 0.25) is 0 Å². The van der Waals surface area contributed by atoms with E-state index < -0.39 is 11.6 Å². The zero-order valence-corrected chi connectivity index (χ0v) is 14.6. The maximum atomic E-state index is 13.1. The highest BCUT2D eigenvalue weighted by atomic mass is 19.2. The zero-order chi connectivity index (χ0) is 18.1. The van der Waals surface area contributed by atoms with Crippen LogP contribution in [0.3, 0.4) is 0 Å². The summed E-state index contributed by atoms with van der Waals surface area (Å²) in [5.74, 6) is -0.920. The highest BCUT2D eigenvalue weighted by molar-refractivity contribution is 5.79. The van der Waals surface area contributed by atoms with E-state index in [-0.39, 0.29) is 24.5 Å². The maximum Gasteiger partial charge on any atom is 0.191 e. The van der Waals surface area contributed by atoms with Crippen LogP contribution in [0.25, 0.3) is 0 Å². The Morgan fingerprint density at radius 1 is 1.40 bits per heavy atom. The largest absolute Gasteiger partial charge is 0.492 e. The summed E-state index contributed by atoms with van der Waals surface area (Å²) in [6.07, 6.45) is 1.10. The van der Waals surface area contributed by atoms with Crippen LogP contribution in [0, 0.1) is 11.6 Å². The van der Waals surface area contributed by atoms with E-state index in [4.69, 9.17) is 14.2 Å². The molecule has 0 amide bonds. The fraction of sp³-hybridized carbons (Fsp3) is 0.588. The molecule has 1 fully saturated rings. The Labute approximate surface area is 146 Å². The van der Waals surface area contributed by atoms with E-state index in [0.717, 1.165) is 25.2 Å². The lowest BCUT2D eigenvalue weighted by Gasteiger charge is -2.19. The number of aliphatic imine (C=N–C) groups is 1. The molecule has 8 heteroatoms. The van der Waals surface area contributed by atoms with Gasteiger partial charge in [-0.2, -0.15) is 0 Å². The Morgan fingerprint density at radius 3 is 2.92 bits per heavy atom. The first kappa shape index (κ1) is 19.4. The summed E-state index contributed by atoms with van der Waals surface area (Å²) in [6, 6.07) is 3.53. The molecule has 1 aromatic rings. The summed E-state index contributed by atoms with van der Waals surface area (Å²) in [4.78, 5) is 4.13. The van der Waals surface area contributed by atoms with Crippen molar-refractivity contribution in [3.8, 4) is 5.75 Å². The van der Waals surface area contributed by atoms with Crippen molar-refractivity contribution in [2.45, 2.75) is 25.5 Å². The molecule has 1 aliphatic heterocycles. The van der Waals surface area contributed by atoms with Crippen LogP contribution in [0.4, 0.5) is 8.78 Å². The fourth-order valence-electron chi connectivity index (χ4n) is 2.30. The second kappa shape index (κ2) is 10.1. The lowest BCUT2D eigenvalue weighted by molar-refractivity contribution is 0.0347. The van der Waals surface area contributed by atoms with E-state index >= 15 is 0 Å². The lowest BCUT2D eigenvalue weighted by atomic mass is 10.3. The minimum atomic E-state index is -0.926. The smallest absolute Gasteiger partial charge is 0.191 e. The normalized spacial score (nSPS) is 18.9. The van der Waals surface area contributed by atoms with E-state index in [1.165, 1.54) is 6.07 Å². The van der Waals surface area contributed by atoms with Crippen LogP contribution in [-0.2, 0) is 9.47 Å². The lowest BCUT2D eigenvalue weighted by Crippen LogP contribution is -2.45. The van der Waals surface area contributed by atoms with Crippen molar-refractivity contribution in [3.05, 3.63) is 29.8 Å². The van der Waals surface area contributed by atoms with Crippen LogP contribution < -0.4 is 15.4 Å². The molecule has 2 atom stereocenters. The average Bonchev–Trinajstić information content (AvgIpc) is 3.12. The summed E-state index contributed by atoms with van der Waals surface area (Å²) < 4.78 is 42.3. The van der Waals surface area contributed by atoms with E-state index in [2.05, 4.69) is 15.6 Å². The zero-order valence-electron chi connectivity index (χ0n) is 14.6. The first-order chi connectivity index (χ1) is 12.1. The number of ether oxygens (including phenoxy) is 3. The predicted octanol–water partition coefficient (Wildman–Crippen LogP) is 1.70. The van der Waals surface area contributed by atoms with Gasteiger partial charge in [0.15, 0.2) is 17.6 Å². The van der Waals surface area contributed by atoms with Gasteiger partial charge in [0.05, 0.1) is 25.9 Å². The second-order valence-corrected chi connectivity index (χ2v) is 5.79. The van der Waals surface area contributed by atoms with E-state index in [9.17, 15) is 8.78 Å². The third-order valence-electron chi connectivity index (χ3n) is 3.63. The van der Waals surface area contributed by atoms with Gasteiger partial charge < -0.3 is 24.8 Å². The van der Waals surface area contributed by atoms with Crippen LogP contribution in [0.5, 0.6) is 5.75 Å². The molecule has 1 heterocycles. The van der Waals surface area contributed by atoms with Gasteiger partial charge in [0.1, 0.15) is 12.4 Å². The van der Waals surface area contributed by atoms with Gasteiger partial charge in [-0.05, 0) is 25.5 Å². The van der Waals surface area contributed by atoms with Gasteiger partial charge in [-0.15, -0.1) is 0 Å². The number of nitrogens with zero attached hydrogens (tertiary/aromatic N) is 1. The number of nitrogens with one attached hydrogen (secondary N) is 2. The number of benzene rings is 1. The van der Waals surface area contributed by atoms with Crippen molar-refractivity contribution in [3.63, 3.8) is 0 Å².